The second-order valence-corrected chi connectivity index (χ2v) is 10.2. The normalized spacial score (nSPS) is 17.3. The lowest BCUT2D eigenvalue weighted by atomic mass is 9.90. The van der Waals surface area contributed by atoms with E-state index in [-0.39, 0.29) is 11.9 Å². The summed E-state index contributed by atoms with van der Waals surface area (Å²) >= 11 is 0. The molecule has 1 fully saturated rings. The minimum absolute atomic E-state index is 0.00118. The number of likely N-dealkylation sites (tertiary alicyclic amines) is 1. The molecule has 2 aliphatic rings. The van der Waals surface area contributed by atoms with Crippen LogP contribution in [-0.2, 0) is 25.8 Å². The first-order valence-corrected chi connectivity index (χ1v) is 12.9. The summed E-state index contributed by atoms with van der Waals surface area (Å²) in [5, 5.41) is 3.18. The fourth-order valence-corrected chi connectivity index (χ4v) is 5.54. The number of amides is 1. The van der Waals surface area contributed by atoms with E-state index < -0.39 is 0 Å². The van der Waals surface area contributed by atoms with Crippen molar-refractivity contribution < 1.29 is 4.79 Å². The predicted molar refractivity (Wildman–Crippen MR) is 139 cm³/mol. The molecule has 0 unspecified atom stereocenters. The highest BCUT2D eigenvalue weighted by Gasteiger charge is 2.20. The average molecular weight is 453 g/mol. The monoisotopic (exact) mass is 452 g/mol. The van der Waals surface area contributed by atoms with Crippen molar-refractivity contribution in [3.8, 4) is 0 Å². The second kappa shape index (κ2) is 10.6. The summed E-state index contributed by atoms with van der Waals surface area (Å²) in [6.45, 7) is 5.34. The number of piperidine rings is 1. The molecule has 0 saturated carbocycles. The van der Waals surface area contributed by atoms with Crippen molar-refractivity contribution in [1.82, 2.24) is 10.2 Å². The van der Waals surface area contributed by atoms with Gasteiger partial charge in [-0.05, 0) is 104 Å². The van der Waals surface area contributed by atoms with Crippen LogP contribution in [0.3, 0.4) is 0 Å². The Balaban J connectivity index is 1.10. The molecule has 0 aromatic heterocycles. The van der Waals surface area contributed by atoms with Crippen LogP contribution in [0.5, 0.6) is 0 Å². The van der Waals surface area contributed by atoms with Crippen LogP contribution in [0, 0.1) is 5.92 Å². The Labute approximate surface area is 204 Å². The standard InChI is InChI=1S/C31H36N2O/c1-23(29-15-14-27-8-5-9-30(27)21-29)32-31(34)28-12-10-26(11-13-28)22-33-18-16-25(17-19-33)20-24-6-3-2-4-7-24/h2-4,6-7,10-15,21,23,25H,5,8-9,16-20,22H2,1H3,(H,32,34)/t23-/m1/s1. The Bertz CT molecular complexity index is 1100. The van der Waals surface area contributed by atoms with E-state index in [1.165, 1.54) is 59.9 Å². The average Bonchev–Trinajstić information content (AvgIpc) is 3.34. The van der Waals surface area contributed by atoms with Gasteiger partial charge in [0.15, 0.2) is 0 Å². The van der Waals surface area contributed by atoms with Gasteiger partial charge >= 0.3 is 0 Å². The zero-order chi connectivity index (χ0) is 23.3. The van der Waals surface area contributed by atoms with Crippen molar-refractivity contribution >= 4 is 5.91 Å². The summed E-state index contributed by atoms with van der Waals surface area (Å²) in [4.78, 5) is 15.4. The topological polar surface area (TPSA) is 32.3 Å². The lowest BCUT2D eigenvalue weighted by molar-refractivity contribution is 0.0940. The molecule has 1 N–H and O–H groups in total. The molecule has 5 rings (SSSR count). The van der Waals surface area contributed by atoms with Gasteiger partial charge in [0.25, 0.3) is 5.91 Å². The fraction of sp³-hybridized carbons (Fsp3) is 0.387. The largest absolute Gasteiger partial charge is 0.346 e. The van der Waals surface area contributed by atoms with Crippen molar-refractivity contribution in [2.45, 2.75) is 58.0 Å². The highest BCUT2D eigenvalue weighted by atomic mass is 16.1. The highest BCUT2D eigenvalue weighted by molar-refractivity contribution is 5.94. The first-order valence-electron chi connectivity index (χ1n) is 12.9. The van der Waals surface area contributed by atoms with Gasteiger partial charge < -0.3 is 5.32 Å². The first-order chi connectivity index (χ1) is 16.6. The van der Waals surface area contributed by atoms with Crippen molar-refractivity contribution in [2.24, 2.45) is 5.92 Å². The van der Waals surface area contributed by atoms with E-state index in [0.717, 1.165) is 37.5 Å². The summed E-state index contributed by atoms with van der Waals surface area (Å²) in [6.07, 6.45) is 7.32. The summed E-state index contributed by atoms with van der Waals surface area (Å²) in [5.41, 5.74) is 7.59. The number of nitrogens with one attached hydrogen (secondary N) is 1. The van der Waals surface area contributed by atoms with Gasteiger partial charge in [-0.15, -0.1) is 0 Å². The molecule has 3 nitrogen and oxygen atoms in total. The van der Waals surface area contributed by atoms with Crippen molar-refractivity contribution in [3.05, 3.63) is 106 Å². The van der Waals surface area contributed by atoms with E-state index in [2.05, 4.69) is 77.8 Å². The minimum atomic E-state index is 0.00118. The van der Waals surface area contributed by atoms with Crippen LogP contribution in [0.2, 0.25) is 0 Å². The molecule has 3 aromatic rings. The molecule has 3 aromatic carbocycles. The summed E-state index contributed by atoms with van der Waals surface area (Å²) in [5.74, 6) is 0.790. The number of hydrogen-bond acceptors (Lipinski definition) is 2. The SMILES string of the molecule is C[C@@H](NC(=O)c1ccc(CN2CCC(Cc3ccccc3)CC2)cc1)c1ccc2c(c1)CCC2. The lowest BCUT2D eigenvalue weighted by Gasteiger charge is -2.32. The third-order valence-electron chi connectivity index (χ3n) is 7.67. The third-order valence-corrected chi connectivity index (χ3v) is 7.67. The molecular formula is C31H36N2O. The smallest absolute Gasteiger partial charge is 0.251 e. The van der Waals surface area contributed by atoms with Gasteiger partial charge in [0.1, 0.15) is 0 Å². The van der Waals surface area contributed by atoms with Crippen LogP contribution in [0.15, 0.2) is 72.8 Å². The molecule has 3 heteroatoms. The van der Waals surface area contributed by atoms with Gasteiger partial charge in [0.2, 0.25) is 0 Å². The zero-order valence-corrected chi connectivity index (χ0v) is 20.3. The Morgan fingerprint density at radius 2 is 1.65 bits per heavy atom. The Hall–Kier alpha value is -2.91. The summed E-state index contributed by atoms with van der Waals surface area (Å²) in [7, 11) is 0. The molecular weight excluding hydrogens is 416 g/mol. The van der Waals surface area contributed by atoms with Gasteiger partial charge in [-0.25, -0.2) is 0 Å². The number of carbonyl (C=O) groups excluding carboxylic acids is 1. The van der Waals surface area contributed by atoms with Gasteiger partial charge in [-0.3, -0.25) is 9.69 Å². The van der Waals surface area contributed by atoms with E-state index in [1.807, 2.05) is 12.1 Å². The van der Waals surface area contributed by atoms with Crippen LogP contribution in [0.4, 0.5) is 0 Å². The maximum atomic E-state index is 12.8. The fourth-order valence-electron chi connectivity index (χ4n) is 5.54. The second-order valence-electron chi connectivity index (χ2n) is 10.2. The molecule has 1 amide bonds. The quantitative estimate of drug-likeness (QED) is 0.468. The van der Waals surface area contributed by atoms with E-state index in [4.69, 9.17) is 0 Å². The van der Waals surface area contributed by atoms with Crippen molar-refractivity contribution in [3.63, 3.8) is 0 Å². The van der Waals surface area contributed by atoms with Gasteiger partial charge in [0.05, 0.1) is 6.04 Å². The molecule has 34 heavy (non-hydrogen) atoms. The minimum Gasteiger partial charge on any atom is -0.346 e. The molecule has 1 aliphatic carbocycles. The number of aryl methyl sites for hydroxylation is 2. The van der Waals surface area contributed by atoms with E-state index in [0.29, 0.717) is 0 Å². The summed E-state index contributed by atoms with van der Waals surface area (Å²) in [6, 6.07) is 25.7. The molecule has 0 bridgehead atoms. The lowest BCUT2D eigenvalue weighted by Crippen LogP contribution is -2.33. The molecule has 1 aliphatic heterocycles. The first kappa shape index (κ1) is 22.9. The molecule has 0 spiro atoms. The zero-order valence-electron chi connectivity index (χ0n) is 20.3. The van der Waals surface area contributed by atoms with Gasteiger partial charge in [-0.1, -0.05) is 60.7 Å². The number of nitrogens with zero attached hydrogens (tertiary/aromatic N) is 1. The van der Waals surface area contributed by atoms with Crippen LogP contribution >= 0.6 is 0 Å². The van der Waals surface area contributed by atoms with Crippen LogP contribution in [-0.4, -0.2) is 23.9 Å². The molecule has 1 heterocycles. The number of hydrogen-bond donors (Lipinski definition) is 1. The number of fused-ring (bicyclic) bond motifs is 1. The van der Waals surface area contributed by atoms with E-state index in [1.54, 1.807) is 0 Å². The van der Waals surface area contributed by atoms with Crippen LogP contribution in [0.25, 0.3) is 0 Å². The molecule has 0 radical (unpaired) electrons. The molecule has 1 saturated heterocycles. The summed E-state index contributed by atoms with van der Waals surface area (Å²) < 4.78 is 0. The Morgan fingerprint density at radius 1 is 0.912 bits per heavy atom. The third kappa shape index (κ3) is 5.59. The number of rotatable bonds is 7. The predicted octanol–water partition coefficient (Wildman–Crippen LogP) is 6.12. The number of benzene rings is 3. The Morgan fingerprint density at radius 3 is 2.41 bits per heavy atom. The van der Waals surface area contributed by atoms with Crippen molar-refractivity contribution in [1.29, 1.82) is 0 Å². The maximum Gasteiger partial charge on any atom is 0.251 e. The van der Waals surface area contributed by atoms with Crippen LogP contribution < -0.4 is 5.32 Å². The van der Waals surface area contributed by atoms with Gasteiger partial charge in [-0.2, -0.15) is 0 Å². The van der Waals surface area contributed by atoms with Crippen molar-refractivity contribution in [2.75, 3.05) is 13.1 Å². The van der Waals surface area contributed by atoms with E-state index in [9.17, 15) is 4.79 Å². The van der Waals surface area contributed by atoms with Gasteiger partial charge in [0, 0.05) is 12.1 Å². The molecule has 1 atom stereocenters. The maximum absolute atomic E-state index is 12.8. The number of carbonyl (C=O) groups is 1. The Kier molecular flexibility index (Phi) is 7.10. The van der Waals surface area contributed by atoms with E-state index >= 15 is 0 Å². The molecule has 176 valence electrons. The van der Waals surface area contributed by atoms with Crippen LogP contribution in [0.1, 0.15) is 70.4 Å². The highest BCUT2D eigenvalue weighted by Crippen LogP contribution is 2.26.